The van der Waals surface area contributed by atoms with Crippen molar-refractivity contribution in [2.75, 3.05) is 19.0 Å². The van der Waals surface area contributed by atoms with E-state index in [9.17, 15) is 19.5 Å². The first-order chi connectivity index (χ1) is 18.8. The molecule has 0 aliphatic carbocycles. The predicted octanol–water partition coefficient (Wildman–Crippen LogP) is 1.81. The fourth-order valence-electron chi connectivity index (χ4n) is 3.55. The Labute approximate surface area is 226 Å². The number of carbonyl (C=O) groups excluding carboxylic acids is 3. The summed E-state index contributed by atoms with van der Waals surface area (Å²) in [5.74, 6) is 5.10. The molecule has 6 N–H and O–H groups in total. The fraction of sp³-hybridized carbons (Fsp3) is 0.207. The lowest BCUT2D eigenvalue weighted by Gasteiger charge is -2.19. The van der Waals surface area contributed by atoms with Gasteiger partial charge in [0, 0.05) is 34.5 Å². The van der Waals surface area contributed by atoms with Crippen molar-refractivity contribution in [1.82, 2.24) is 16.1 Å². The molecular weight excluding hydrogens is 500 g/mol. The van der Waals surface area contributed by atoms with Crippen molar-refractivity contribution < 1.29 is 29.4 Å². The van der Waals surface area contributed by atoms with E-state index in [1.165, 1.54) is 24.5 Å². The molecule has 0 aliphatic rings. The summed E-state index contributed by atoms with van der Waals surface area (Å²) < 4.78 is 5.31. The van der Waals surface area contributed by atoms with E-state index in [1.54, 1.807) is 43.5 Å². The number of hydrogen-bond acceptors (Lipinski definition) is 7. The Morgan fingerprint density at radius 1 is 0.923 bits per heavy atom. The van der Waals surface area contributed by atoms with Crippen LogP contribution in [0.1, 0.15) is 34.0 Å². The fourth-order valence-corrected chi connectivity index (χ4v) is 3.55. The number of aliphatic hydroxyl groups is 1. The first-order valence-electron chi connectivity index (χ1n) is 12.1. The molecule has 10 heteroatoms. The zero-order valence-electron chi connectivity index (χ0n) is 21.5. The molecular formula is C29H30N4O6. The number of carbonyl (C=O) groups is 3. The molecule has 0 bridgehead atoms. The van der Waals surface area contributed by atoms with Gasteiger partial charge in [-0.15, -0.1) is 0 Å². The smallest absolute Gasteiger partial charge is 0.268 e. The Balaban J connectivity index is 1.50. The molecule has 0 unspecified atom stereocenters. The highest BCUT2D eigenvalue weighted by atomic mass is 16.5. The van der Waals surface area contributed by atoms with Crippen molar-refractivity contribution in [2.45, 2.75) is 25.6 Å². The molecule has 10 nitrogen and oxygen atoms in total. The van der Waals surface area contributed by atoms with Gasteiger partial charge in [-0.2, -0.15) is 0 Å². The van der Waals surface area contributed by atoms with Crippen LogP contribution in [0, 0.1) is 11.8 Å². The van der Waals surface area contributed by atoms with Crippen LogP contribution in [0.4, 0.5) is 5.69 Å². The summed E-state index contributed by atoms with van der Waals surface area (Å²) in [5.41, 5.74) is 4.67. The Bertz CT molecular complexity index is 1340. The topological polar surface area (TPSA) is 149 Å². The summed E-state index contributed by atoms with van der Waals surface area (Å²) in [6, 6.07) is 19.8. The largest absolute Gasteiger partial charge is 0.496 e. The quantitative estimate of drug-likeness (QED) is 0.133. The zero-order valence-corrected chi connectivity index (χ0v) is 21.5. The molecule has 0 saturated heterocycles. The van der Waals surface area contributed by atoms with E-state index in [4.69, 9.17) is 9.94 Å². The minimum atomic E-state index is -1.30. The first-order valence-corrected chi connectivity index (χ1v) is 12.1. The van der Waals surface area contributed by atoms with Crippen LogP contribution in [0.2, 0.25) is 0 Å². The highest BCUT2D eigenvalue weighted by molar-refractivity contribution is 5.97. The number of anilines is 1. The number of rotatable bonds is 10. The number of methoxy groups -OCH3 is 1. The van der Waals surface area contributed by atoms with Crippen LogP contribution in [-0.2, 0) is 16.1 Å². The van der Waals surface area contributed by atoms with Crippen molar-refractivity contribution in [1.29, 1.82) is 0 Å². The minimum Gasteiger partial charge on any atom is -0.496 e. The maximum absolute atomic E-state index is 12.4. The summed E-state index contributed by atoms with van der Waals surface area (Å²) >= 11 is 0. The van der Waals surface area contributed by atoms with Crippen molar-refractivity contribution in [3.8, 4) is 17.6 Å². The molecule has 2 atom stereocenters. The normalized spacial score (nSPS) is 11.8. The average Bonchev–Trinajstić information content (AvgIpc) is 2.95. The maximum Gasteiger partial charge on any atom is 0.268 e. The van der Waals surface area contributed by atoms with Gasteiger partial charge in [-0.05, 0) is 61.5 Å². The Morgan fingerprint density at radius 3 is 2.13 bits per heavy atom. The van der Waals surface area contributed by atoms with E-state index in [0.29, 0.717) is 17.8 Å². The highest BCUT2D eigenvalue weighted by Crippen LogP contribution is 2.16. The van der Waals surface area contributed by atoms with Gasteiger partial charge in [-0.3, -0.25) is 19.6 Å². The van der Waals surface area contributed by atoms with Gasteiger partial charge in [-0.25, -0.2) is 5.48 Å². The first kappa shape index (κ1) is 28.9. The number of aliphatic hydroxyl groups excluding tert-OH is 1. The van der Waals surface area contributed by atoms with Crippen molar-refractivity contribution >= 4 is 23.4 Å². The second-order valence-electron chi connectivity index (χ2n) is 8.54. The summed E-state index contributed by atoms with van der Waals surface area (Å²) in [7, 11) is 1.61. The van der Waals surface area contributed by atoms with E-state index >= 15 is 0 Å². The summed E-state index contributed by atoms with van der Waals surface area (Å²) in [6.07, 6.45) is -1.20. The van der Waals surface area contributed by atoms with Gasteiger partial charge in [0.25, 0.3) is 11.8 Å². The summed E-state index contributed by atoms with van der Waals surface area (Å²) in [5, 5.41) is 26.7. The van der Waals surface area contributed by atoms with Crippen LogP contribution in [0.3, 0.4) is 0 Å². The molecule has 3 aromatic rings. The Morgan fingerprint density at radius 2 is 1.54 bits per heavy atom. The van der Waals surface area contributed by atoms with Gasteiger partial charge in [0.1, 0.15) is 11.8 Å². The number of ether oxygens (including phenoxy) is 1. The number of para-hydroxylation sites is 1. The molecule has 0 aromatic heterocycles. The molecule has 39 heavy (non-hydrogen) atoms. The van der Waals surface area contributed by atoms with E-state index in [-0.39, 0.29) is 18.0 Å². The summed E-state index contributed by atoms with van der Waals surface area (Å²) in [4.78, 5) is 36.2. The van der Waals surface area contributed by atoms with Gasteiger partial charge in [0.2, 0.25) is 5.91 Å². The minimum absolute atomic E-state index is 0.141. The summed E-state index contributed by atoms with van der Waals surface area (Å²) in [6.45, 7) is 1.96. The maximum atomic E-state index is 12.4. The standard InChI is InChI=1S/C29H30N4O6/c1-19(34)27(29(37)33-38)32-28(36)22-13-9-20(10-14-22)7-8-21-11-15-24(16-12-21)31-26(35)18-30-17-23-5-3-4-6-25(23)39-2/h3-6,9-16,19,27,30,34,38H,17-18H2,1-2H3,(H,31,35)(H,32,36)(H,33,37)/t19-,27+/m1/s1. The highest BCUT2D eigenvalue weighted by Gasteiger charge is 2.25. The predicted molar refractivity (Wildman–Crippen MR) is 145 cm³/mol. The van der Waals surface area contributed by atoms with Gasteiger partial charge < -0.3 is 25.8 Å². The molecule has 0 fully saturated rings. The third kappa shape index (κ3) is 8.69. The number of nitrogens with one attached hydrogen (secondary N) is 4. The van der Waals surface area contributed by atoms with Crippen molar-refractivity contribution in [2.24, 2.45) is 0 Å². The molecule has 0 radical (unpaired) electrons. The molecule has 0 spiro atoms. The van der Waals surface area contributed by atoms with Gasteiger partial charge in [0.15, 0.2) is 0 Å². The average molecular weight is 531 g/mol. The number of benzene rings is 3. The van der Waals surface area contributed by atoms with Gasteiger partial charge in [0.05, 0.1) is 19.8 Å². The number of hydroxylamine groups is 1. The second kappa shape index (κ2) is 14.3. The molecule has 0 aliphatic heterocycles. The molecule has 0 saturated carbocycles. The molecule has 0 heterocycles. The van der Waals surface area contributed by atoms with E-state index in [2.05, 4.69) is 27.8 Å². The lowest BCUT2D eigenvalue weighted by Crippen LogP contribution is -2.51. The lowest BCUT2D eigenvalue weighted by molar-refractivity contribution is -0.133. The lowest BCUT2D eigenvalue weighted by atomic mass is 10.1. The molecule has 202 valence electrons. The van der Waals surface area contributed by atoms with Crippen LogP contribution in [0.5, 0.6) is 5.75 Å². The van der Waals surface area contributed by atoms with Gasteiger partial charge >= 0.3 is 0 Å². The van der Waals surface area contributed by atoms with Gasteiger partial charge in [-0.1, -0.05) is 30.0 Å². The molecule has 3 rings (SSSR count). The van der Waals surface area contributed by atoms with E-state index in [1.807, 2.05) is 24.3 Å². The molecule has 3 aromatic carbocycles. The third-order valence-corrected chi connectivity index (χ3v) is 5.62. The van der Waals surface area contributed by atoms with Crippen LogP contribution < -0.4 is 26.2 Å². The van der Waals surface area contributed by atoms with E-state index in [0.717, 1.165) is 16.9 Å². The Hall–Kier alpha value is -4.69. The van der Waals surface area contributed by atoms with Crippen molar-refractivity contribution in [3.05, 3.63) is 95.1 Å². The number of amides is 3. The van der Waals surface area contributed by atoms with E-state index < -0.39 is 24.0 Å². The number of hydrogen-bond donors (Lipinski definition) is 6. The molecule has 3 amide bonds. The monoisotopic (exact) mass is 530 g/mol. The van der Waals surface area contributed by atoms with Crippen LogP contribution in [-0.4, -0.2) is 53.8 Å². The third-order valence-electron chi connectivity index (χ3n) is 5.62. The Kier molecular flexibility index (Phi) is 10.6. The second-order valence-corrected chi connectivity index (χ2v) is 8.54. The van der Waals surface area contributed by atoms with Crippen LogP contribution in [0.15, 0.2) is 72.8 Å². The van der Waals surface area contributed by atoms with Crippen LogP contribution >= 0.6 is 0 Å². The zero-order chi connectivity index (χ0) is 28.2. The van der Waals surface area contributed by atoms with Crippen LogP contribution in [0.25, 0.3) is 0 Å². The SMILES string of the molecule is COc1ccccc1CNCC(=O)Nc1ccc(C#Cc2ccc(C(=O)N[C@H](C(=O)NO)[C@@H](C)O)cc2)cc1. The van der Waals surface area contributed by atoms with Crippen molar-refractivity contribution in [3.63, 3.8) is 0 Å².